The molecular formula is C9H9ClN4. The Morgan fingerprint density at radius 1 is 1.21 bits per heavy atom. The molecule has 0 unspecified atom stereocenters. The van der Waals surface area contributed by atoms with E-state index < -0.39 is 0 Å². The van der Waals surface area contributed by atoms with Crippen molar-refractivity contribution in [2.24, 2.45) is 0 Å². The summed E-state index contributed by atoms with van der Waals surface area (Å²) < 4.78 is 0. The van der Waals surface area contributed by atoms with Gasteiger partial charge in [-0.15, -0.1) is 11.6 Å². The number of fused-ring (bicyclic) bond motifs is 1. The highest BCUT2D eigenvalue weighted by molar-refractivity contribution is 6.17. The second-order valence-electron chi connectivity index (χ2n) is 2.67. The number of rotatable bonds is 3. The van der Waals surface area contributed by atoms with Gasteiger partial charge in [0.25, 0.3) is 0 Å². The molecule has 0 aliphatic rings. The van der Waals surface area contributed by atoms with Crippen LogP contribution in [0.3, 0.4) is 0 Å². The normalized spacial score (nSPS) is 10.4. The predicted molar refractivity (Wildman–Crippen MR) is 57.0 cm³/mol. The van der Waals surface area contributed by atoms with Crippen molar-refractivity contribution in [1.82, 2.24) is 15.4 Å². The number of hydrogen-bond donors (Lipinski definition) is 2. The number of hydrogen-bond acceptors (Lipinski definition) is 4. The van der Waals surface area contributed by atoms with Crippen LogP contribution in [0.15, 0.2) is 30.6 Å². The van der Waals surface area contributed by atoms with Gasteiger partial charge in [0.2, 0.25) is 0 Å². The van der Waals surface area contributed by atoms with Crippen LogP contribution in [-0.4, -0.2) is 16.0 Å². The Hall–Kier alpha value is -1.39. The summed E-state index contributed by atoms with van der Waals surface area (Å²) in [4.78, 5) is 8.24. The summed E-state index contributed by atoms with van der Waals surface area (Å²) in [5.41, 5.74) is 6.59. The van der Waals surface area contributed by atoms with Crippen LogP contribution < -0.4 is 10.9 Å². The lowest BCUT2D eigenvalue weighted by Gasteiger charge is -2.06. The van der Waals surface area contributed by atoms with E-state index in [1.807, 2.05) is 24.3 Å². The average Bonchev–Trinajstić information content (AvgIpc) is 2.26. The summed E-state index contributed by atoms with van der Waals surface area (Å²) in [6.07, 6.45) is 1.51. The van der Waals surface area contributed by atoms with Gasteiger partial charge in [-0.1, -0.05) is 12.1 Å². The number of benzene rings is 1. The Morgan fingerprint density at radius 3 is 2.93 bits per heavy atom. The van der Waals surface area contributed by atoms with Gasteiger partial charge in [-0.25, -0.2) is 15.4 Å². The molecule has 0 aliphatic carbocycles. The van der Waals surface area contributed by atoms with E-state index >= 15 is 0 Å². The summed E-state index contributed by atoms with van der Waals surface area (Å²) in [6.45, 7) is 0. The smallest absolute Gasteiger partial charge is 0.151 e. The molecule has 2 rings (SSSR count). The van der Waals surface area contributed by atoms with E-state index in [2.05, 4.69) is 20.8 Å². The number of nitrogens with zero attached hydrogens (tertiary/aromatic N) is 2. The third kappa shape index (κ3) is 1.76. The number of para-hydroxylation sites is 1. The molecule has 0 atom stereocenters. The molecule has 2 aromatic rings. The average molecular weight is 209 g/mol. The first-order chi connectivity index (χ1) is 6.92. The summed E-state index contributed by atoms with van der Waals surface area (Å²) in [6, 6.07) is 8.08. The van der Waals surface area contributed by atoms with Crippen LogP contribution >= 0.6 is 11.6 Å². The van der Waals surface area contributed by atoms with Crippen molar-refractivity contribution < 1.29 is 0 Å². The first kappa shape index (κ1) is 9.18. The third-order valence-electron chi connectivity index (χ3n) is 1.82. The second kappa shape index (κ2) is 4.21. The monoisotopic (exact) mass is 208 g/mol. The Kier molecular flexibility index (Phi) is 2.76. The molecule has 0 aliphatic heterocycles. The zero-order chi connectivity index (χ0) is 9.80. The lowest BCUT2D eigenvalue weighted by Crippen LogP contribution is -2.20. The fourth-order valence-electron chi connectivity index (χ4n) is 1.22. The first-order valence-corrected chi connectivity index (χ1v) is 4.70. The molecule has 1 aromatic carbocycles. The van der Waals surface area contributed by atoms with Crippen molar-refractivity contribution in [3.05, 3.63) is 30.6 Å². The minimum atomic E-state index is 0.318. The fraction of sp³-hybridized carbons (Fsp3) is 0.111. The van der Waals surface area contributed by atoms with E-state index in [0.717, 1.165) is 16.7 Å². The number of hydrazine groups is 1. The minimum Gasteiger partial charge on any atom is -0.304 e. The van der Waals surface area contributed by atoms with Crippen LogP contribution in [-0.2, 0) is 0 Å². The van der Waals surface area contributed by atoms with Crippen molar-refractivity contribution in [2.75, 3.05) is 11.4 Å². The Bertz CT molecular complexity index is 427. The van der Waals surface area contributed by atoms with Crippen LogP contribution in [0, 0.1) is 0 Å². The molecule has 0 saturated heterocycles. The molecule has 14 heavy (non-hydrogen) atoms. The molecule has 72 valence electrons. The van der Waals surface area contributed by atoms with E-state index in [9.17, 15) is 0 Å². The summed E-state index contributed by atoms with van der Waals surface area (Å²) >= 11 is 5.49. The number of nitrogens with one attached hydrogen (secondary N) is 2. The maximum Gasteiger partial charge on any atom is 0.151 e. The molecule has 0 spiro atoms. The molecule has 0 radical (unpaired) electrons. The Labute approximate surface area is 86.3 Å². The number of anilines is 1. The largest absolute Gasteiger partial charge is 0.304 e. The summed E-state index contributed by atoms with van der Waals surface area (Å²) in [5.74, 6) is 0.733. The maximum atomic E-state index is 5.49. The van der Waals surface area contributed by atoms with Gasteiger partial charge < -0.3 is 5.43 Å². The zero-order valence-corrected chi connectivity index (χ0v) is 8.12. The highest BCUT2D eigenvalue weighted by Crippen LogP contribution is 2.17. The summed E-state index contributed by atoms with van der Waals surface area (Å²) in [7, 11) is 0. The first-order valence-electron chi connectivity index (χ1n) is 4.16. The highest BCUT2D eigenvalue weighted by atomic mass is 35.5. The number of halogens is 1. The van der Waals surface area contributed by atoms with Crippen molar-refractivity contribution in [1.29, 1.82) is 0 Å². The zero-order valence-electron chi connectivity index (χ0n) is 7.37. The van der Waals surface area contributed by atoms with E-state index in [-0.39, 0.29) is 0 Å². The van der Waals surface area contributed by atoms with Gasteiger partial charge in [-0.3, -0.25) is 0 Å². The predicted octanol–water partition coefficient (Wildman–Crippen LogP) is 1.74. The molecular weight excluding hydrogens is 200 g/mol. The topological polar surface area (TPSA) is 49.8 Å². The SMILES string of the molecule is ClCNNc1ncnc2ccccc12. The van der Waals surface area contributed by atoms with Crippen molar-refractivity contribution in [2.45, 2.75) is 0 Å². The quantitative estimate of drug-likeness (QED) is 0.458. The van der Waals surface area contributed by atoms with Gasteiger partial charge in [0.15, 0.2) is 5.82 Å². The lowest BCUT2D eigenvalue weighted by molar-refractivity contribution is 0.931. The summed E-state index contributed by atoms with van der Waals surface area (Å²) in [5, 5.41) is 0.965. The molecule has 2 N–H and O–H groups in total. The molecule has 0 fully saturated rings. The molecule has 5 heteroatoms. The van der Waals surface area contributed by atoms with E-state index in [0.29, 0.717) is 6.00 Å². The molecule has 0 saturated carbocycles. The lowest BCUT2D eigenvalue weighted by atomic mass is 10.2. The van der Waals surface area contributed by atoms with E-state index in [1.165, 1.54) is 6.33 Å². The molecule has 0 amide bonds. The van der Waals surface area contributed by atoms with Gasteiger partial charge in [-0.05, 0) is 12.1 Å². The van der Waals surface area contributed by atoms with Gasteiger partial charge in [0, 0.05) is 5.39 Å². The molecule has 1 aromatic heterocycles. The maximum absolute atomic E-state index is 5.49. The van der Waals surface area contributed by atoms with Crippen molar-refractivity contribution in [3.8, 4) is 0 Å². The van der Waals surface area contributed by atoms with Gasteiger partial charge in [0.1, 0.15) is 6.33 Å². The highest BCUT2D eigenvalue weighted by Gasteiger charge is 2.00. The number of aromatic nitrogens is 2. The van der Waals surface area contributed by atoms with Crippen LogP contribution in [0.2, 0.25) is 0 Å². The second-order valence-corrected chi connectivity index (χ2v) is 2.94. The van der Waals surface area contributed by atoms with Crippen molar-refractivity contribution in [3.63, 3.8) is 0 Å². The van der Waals surface area contributed by atoms with E-state index in [4.69, 9.17) is 11.6 Å². The van der Waals surface area contributed by atoms with Gasteiger partial charge in [-0.2, -0.15) is 0 Å². The van der Waals surface area contributed by atoms with Gasteiger partial charge >= 0.3 is 0 Å². The fourth-order valence-corrected chi connectivity index (χ4v) is 1.29. The molecule has 4 nitrogen and oxygen atoms in total. The van der Waals surface area contributed by atoms with Crippen LogP contribution in [0.1, 0.15) is 0 Å². The van der Waals surface area contributed by atoms with Crippen LogP contribution in [0.4, 0.5) is 5.82 Å². The van der Waals surface area contributed by atoms with Crippen molar-refractivity contribution >= 4 is 28.3 Å². The minimum absolute atomic E-state index is 0.318. The van der Waals surface area contributed by atoms with Crippen LogP contribution in [0.5, 0.6) is 0 Å². The standard InChI is InChI=1S/C9H9ClN4/c10-5-13-14-9-7-3-1-2-4-8(7)11-6-12-9/h1-4,6,13H,5H2,(H,11,12,14). The third-order valence-corrected chi connectivity index (χ3v) is 1.95. The Balaban J connectivity index is 2.43. The molecule has 1 heterocycles. The van der Waals surface area contributed by atoms with Crippen LogP contribution in [0.25, 0.3) is 10.9 Å². The molecule has 0 bridgehead atoms. The van der Waals surface area contributed by atoms with E-state index in [1.54, 1.807) is 0 Å². The van der Waals surface area contributed by atoms with Gasteiger partial charge in [0.05, 0.1) is 11.5 Å². The number of alkyl halides is 1. The Morgan fingerprint density at radius 2 is 2.07 bits per heavy atom.